The molecule has 0 saturated carbocycles. The van der Waals surface area contributed by atoms with Crippen LogP contribution in [0.5, 0.6) is 5.75 Å². The number of para-hydroxylation sites is 1. The Balaban J connectivity index is 2.11. The van der Waals surface area contributed by atoms with Gasteiger partial charge in [0.2, 0.25) is 0 Å². The molecular weight excluding hydrogens is 228 g/mol. The molecule has 0 aliphatic rings. The SMILES string of the molecule is CC(C)OCCOc1ccnc2c(N)cccc12. The predicted octanol–water partition coefficient (Wildman–Crippen LogP) is 2.62. The van der Waals surface area contributed by atoms with Crippen LogP contribution >= 0.6 is 0 Å². The molecule has 96 valence electrons. The lowest BCUT2D eigenvalue weighted by Crippen LogP contribution is -2.11. The van der Waals surface area contributed by atoms with E-state index in [9.17, 15) is 0 Å². The van der Waals surface area contributed by atoms with Crippen LogP contribution in [0, 0.1) is 0 Å². The van der Waals surface area contributed by atoms with Gasteiger partial charge in [0.15, 0.2) is 0 Å². The molecule has 1 aromatic carbocycles. The predicted molar refractivity (Wildman–Crippen MR) is 72.7 cm³/mol. The summed E-state index contributed by atoms with van der Waals surface area (Å²) in [5.41, 5.74) is 7.32. The summed E-state index contributed by atoms with van der Waals surface area (Å²) in [4.78, 5) is 4.26. The highest BCUT2D eigenvalue weighted by Crippen LogP contribution is 2.27. The minimum absolute atomic E-state index is 0.221. The molecule has 18 heavy (non-hydrogen) atoms. The van der Waals surface area contributed by atoms with E-state index in [0.717, 1.165) is 16.7 Å². The van der Waals surface area contributed by atoms with Gasteiger partial charge in [-0.15, -0.1) is 0 Å². The fourth-order valence-corrected chi connectivity index (χ4v) is 1.73. The Hall–Kier alpha value is -1.81. The second-order valence-electron chi connectivity index (χ2n) is 4.32. The average Bonchev–Trinajstić information content (AvgIpc) is 2.35. The van der Waals surface area contributed by atoms with Crippen LogP contribution in [-0.2, 0) is 4.74 Å². The van der Waals surface area contributed by atoms with Crippen molar-refractivity contribution in [2.24, 2.45) is 0 Å². The van der Waals surface area contributed by atoms with E-state index in [1.54, 1.807) is 6.20 Å². The highest BCUT2D eigenvalue weighted by molar-refractivity contribution is 5.93. The van der Waals surface area contributed by atoms with Crippen LogP contribution in [0.1, 0.15) is 13.8 Å². The lowest BCUT2D eigenvalue weighted by molar-refractivity contribution is 0.0556. The third-order valence-corrected chi connectivity index (χ3v) is 2.55. The van der Waals surface area contributed by atoms with Crippen LogP contribution in [0.4, 0.5) is 5.69 Å². The van der Waals surface area contributed by atoms with E-state index in [4.69, 9.17) is 15.2 Å². The topological polar surface area (TPSA) is 57.4 Å². The number of fused-ring (bicyclic) bond motifs is 1. The van der Waals surface area contributed by atoms with Gasteiger partial charge in [0.1, 0.15) is 12.4 Å². The Labute approximate surface area is 107 Å². The van der Waals surface area contributed by atoms with Crippen LogP contribution < -0.4 is 10.5 Å². The first-order valence-corrected chi connectivity index (χ1v) is 6.06. The largest absolute Gasteiger partial charge is 0.490 e. The zero-order valence-corrected chi connectivity index (χ0v) is 10.7. The smallest absolute Gasteiger partial charge is 0.130 e. The number of hydrogen-bond acceptors (Lipinski definition) is 4. The molecule has 0 spiro atoms. The highest BCUT2D eigenvalue weighted by Gasteiger charge is 2.05. The summed E-state index contributed by atoms with van der Waals surface area (Å²) < 4.78 is 11.1. The van der Waals surface area contributed by atoms with Crippen molar-refractivity contribution in [2.75, 3.05) is 18.9 Å². The number of benzene rings is 1. The molecule has 1 aromatic heterocycles. The van der Waals surface area contributed by atoms with Gasteiger partial charge in [-0.2, -0.15) is 0 Å². The molecule has 0 atom stereocenters. The first-order valence-electron chi connectivity index (χ1n) is 6.06. The molecular formula is C14H18N2O2. The molecule has 2 N–H and O–H groups in total. The molecule has 4 heteroatoms. The van der Waals surface area contributed by atoms with Gasteiger partial charge in [0.25, 0.3) is 0 Å². The summed E-state index contributed by atoms with van der Waals surface area (Å²) in [6.07, 6.45) is 1.93. The monoisotopic (exact) mass is 246 g/mol. The molecule has 0 fully saturated rings. The molecule has 0 saturated heterocycles. The van der Waals surface area contributed by atoms with E-state index in [-0.39, 0.29) is 6.10 Å². The Morgan fingerprint density at radius 3 is 2.83 bits per heavy atom. The Bertz CT molecular complexity index is 526. The molecule has 0 amide bonds. The van der Waals surface area contributed by atoms with E-state index < -0.39 is 0 Å². The third-order valence-electron chi connectivity index (χ3n) is 2.55. The van der Waals surface area contributed by atoms with Gasteiger partial charge < -0.3 is 15.2 Å². The lowest BCUT2D eigenvalue weighted by atomic mass is 10.2. The fraction of sp³-hybridized carbons (Fsp3) is 0.357. The van der Waals surface area contributed by atoms with Crippen LogP contribution in [0.2, 0.25) is 0 Å². The number of pyridine rings is 1. The molecule has 0 radical (unpaired) electrons. The molecule has 1 heterocycles. The van der Waals surface area contributed by atoms with Crippen molar-refractivity contribution in [2.45, 2.75) is 20.0 Å². The number of nitrogen functional groups attached to an aromatic ring is 1. The first kappa shape index (κ1) is 12.6. The molecule has 2 rings (SSSR count). The molecule has 0 unspecified atom stereocenters. The van der Waals surface area contributed by atoms with Gasteiger partial charge in [0.05, 0.1) is 23.9 Å². The lowest BCUT2D eigenvalue weighted by Gasteiger charge is -2.11. The number of aromatic nitrogens is 1. The molecule has 0 bridgehead atoms. The molecule has 2 aromatic rings. The van der Waals surface area contributed by atoms with Crippen molar-refractivity contribution in [1.82, 2.24) is 4.98 Å². The number of hydrogen-bond donors (Lipinski definition) is 1. The van der Waals surface area contributed by atoms with Gasteiger partial charge in [-0.3, -0.25) is 4.98 Å². The van der Waals surface area contributed by atoms with E-state index in [1.165, 1.54) is 0 Å². The van der Waals surface area contributed by atoms with E-state index in [1.807, 2.05) is 38.1 Å². The van der Waals surface area contributed by atoms with Crippen molar-refractivity contribution < 1.29 is 9.47 Å². The van der Waals surface area contributed by atoms with Gasteiger partial charge in [-0.05, 0) is 32.0 Å². The third kappa shape index (κ3) is 2.90. The highest BCUT2D eigenvalue weighted by atomic mass is 16.5. The number of ether oxygens (including phenoxy) is 2. The van der Waals surface area contributed by atoms with Gasteiger partial charge >= 0.3 is 0 Å². The summed E-state index contributed by atoms with van der Waals surface area (Å²) >= 11 is 0. The number of rotatable bonds is 5. The van der Waals surface area contributed by atoms with E-state index in [0.29, 0.717) is 18.9 Å². The van der Waals surface area contributed by atoms with Crippen LogP contribution in [-0.4, -0.2) is 24.3 Å². The maximum atomic E-state index is 5.88. The summed E-state index contributed by atoms with van der Waals surface area (Å²) in [5, 5.41) is 0.932. The maximum absolute atomic E-state index is 5.88. The van der Waals surface area contributed by atoms with Crippen molar-refractivity contribution in [3.63, 3.8) is 0 Å². The fourth-order valence-electron chi connectivity index (χ4n) is 1.73. The number of anilines is 1. The minimum atomic E-state index is 0.221. The first-order chi connectivity index (χ1) is 8.68. The van der Waals surface area contributed by atoms with Gasteiger partial charge in [0, 0.05) is 11.6 Å². The number of nitrogens with zero attached hydrogens (tertiary/aromatic N) is 1. The van der Waals surface area contributed by atoms with Crippen LogP contribution in [0.25, 0.3) is 10.9 Å². The zero-order chi connectivity index (χ0) is 13.0. The minimum Gasteiger partial charge on any atom is -0.490 e. The Morgan fingerprint density at radius 2 is 2.06 bits per heavy atom. The summed E-state index contributed by atoms with van der Waals surface area (Å²) in [5.74, 6) is 0.791. The van der Waals surface area contributed by atoms with Gasteiger partial charge in [-0.1, -0.05) is 6.07 Å². The maximum Gasteiger partial charge on any atom is 0.130 e. The van der Waals surface area contributed by atoms with Crippen molar-refractivity contribution in [1.29, 1.82) is 0 Å². The van der Waals surface area contributed by atoms with Crippen molar-refractivity contribution in [3.8, 4) is 5.75 Å². The van der Waals surface area contributed by atoms with Gasteiger partial charge in [-0.25, -0.2) is 0 Å². The van der Waals surface area contributed by atoms with Crippen LogP contribution in [0.15, 0.2) is 30.5 Å². The average molecular weight is 246 g/mol. The molecule has 0 aliphatic carbocycles. The van der Waals surface area contributed by atoms with Crippen molar-refractivity contribution >= 4 is 16.6 Å². The summed E-state index contributed by atoms with van der Waals surface area (Å²) in [7, 11) is 0. The van der Waals surface area contributed by atoms with Crippen molar-refractivity contribution in [3.05, 3.63) is 30.5 Å². The van der Waals surface area contributed by atoms with E-state index in [2.05, 4.69) is 4.98 Å². The summed E-state index contributed by atoms with van der Waals surface area (Å²) in [6, 6.07) is 7.53. The summed E-state index contributed by atoms with van der Waals surface area (Å²) in [6.45, 7) is 5.10. The molecule has 4 nitrogen and oxygen atoms in total. The Kier molecular flexibility index (Phi) is 3.99. The van der Waals surface area contributed by atoms with Crippen LogP contribution in [0.3, 0.4) is 0 Å². The zero-order valence-electron chi connectivity index (χ0n) is 10.7. The number of nitrogens with two attached hydrogens (primary N) is 1. The second-order valence-corrected chi connectivity index (χ2v) is 4.32. The molecule has 0 aliphatic heterocycles. The normalized spacial score (nSPS) is 11.1. The Morgan fingerprint density at radius 1 is 1.22 bits per heavy atom. The quantitative estimate of drug-likeness (QED) is 0.651. The second kappa shape index (κ2) is 5.69. The standard InChI is InChI=1S/C14H18N2O2/c1-10(2)17-8-9-18-13-6-7-16-14-11(13)4-3-5-12(14)15/h3-7,10H,8-9,15H2,1-2H3. The van der Waals surface area contributed by atoms with E-state index >= 15 is 0 Å².